The molecular weight excluding hydrogens is 220 g/mol. The standard InChI is InChI=1S/C11H14N4O2/c16-6-2-1-3-13-11(17)9-7-14-15-5-4-12-8-10(9)15/h4-5,7-8,16H,1-3,6H2,(H,13,17). The van der Waals surface area contributed by atoms with Crippen LogP contribution in [0.1, 0.15) is 23.2 Å². The van der Waals surface area contributed by atoms with Crippen LogP contribution in [-0.2, 0) is 0 Å². The van der Waals surface area contributed by atoms with Crippen LogP contribution in [0.5, 0.6) is 0 Å². The SMILES string of the molecule is O=C(NCCCCO)c1cnn2ccncc12. The first-order chi connectivity index (χ1) is 8.33. The zero-order chi connectivity index (χ0) is 12.1. The minimum absolute atomic E-state index is 0.149. The number of rotatable bonds is 5. The summed E-state index contributed by atoms with van der Waals surface area (Å²) in [5.74, 6) is -0.161. The van der Waals surface area contributed by atoms with Gasteiger partial charge in [0, 0.05) is 25.5 Å². The highest BCUT2D eigenvalue weighted by atomic mass is 16.2. The second kappa shape index (κ2) is 5.40. The van der Waals surface area contributed by atoms with E-state index in [0.717, 1.165) is 6.42 Å². The number of aromatic nitrogens is 3. The topological polar surface area (TPSA) is 79.5 Å². The molecule has 90 valence electrons. The smallest absolute Gasteiger partial charge is 0.255 e. The zero-order valence-electron chi connectivity index (χ0n) is 9.33. The van der Waals surface area contributed by atoms with Gasteiger partial charge in [-0.3, -0.25) is 9.78 Å². The molecule has 2 aromatic heterocycles. The summed E-state index contributed by atoms with van der Waals surface area (Å²) in [6, 6.07) is 0. The van der Waals surface area contributed by atoms with Crippen LogP contribution in [0.2, 0.25) is 0 Å². The van der Waals surface area contributed by atoms with Crippen LogP contribution in [0.4, 0.5) is 0 Å². The number of nitrogens with zero attached hydrogens (tertiary/aromatic N) is 3. The highest BCUT2D eigenvalue weighted by Crippen LogP contribution is 2.08. The van der Waals surface area contributed by atoms with Gasteiger partial charge in [-0.05, 0) is 12.8 Å². The van der Waals surface area contributed by atoms with Crippen LogP contribution in [0, 0.1) is 0 Å². The van der Waals surface area contributed by atoms with Crippen LogP contribution in [0.25, 0.3) is 5.52 Å². The third-order valence-corrected chi connectivity index (χ3v) is 2.44. The number of aliphatic hydroxyl groups excluding tert-OH is 1. The van der Waals surface area contributed by atoms with Crippen molar-refractivity contribution < 1.29 is 9.90 Å². The molecule has 0 radical (unpaired) electrons. The summed E-state index contributed by atoms with van der Waals surface area (Å²) in [4.78, 5) is 15.8. The fourth-order valence-electron chi connectivity index (χ4n) is 1.54. The first-order valence-corrected chi connectivity index (χ1v) is 5.49. The quantitative estimate of drug-likeness (QED) is 0.726. The number of aliphatic hydroxyl groups is 1. The van der Waals surface area contributed by atoms with Crippen LogP contribution in [-0.4, -0.2) is 38.8 Å². The third kappa shape index (κ3) is 2.59. The van der Waals surface area contributed by atoms with Gasteiger partial charge in [-0.25, -0.2) is 4.52 Å². The molecule has 0 saturated heterocycles. The number of carbonyl (C=O) groups is 1. The molecule has 2 aromatic rings. The number of unbranched alkanes of at least 4 members (excludes halogenated alkanes) is 1. The van der Waals surface area contributed by atoms with Crippen molar-refractivity contribution in [2.45, 2.75) is 12.8 Å². The molecule has 0 unspecified atom stereocenters. The van der Waals surface area contributed by atoms with Gasteiger partial charge < -0.3 is 10.4 Å². The molecule has 0 spiro atoms. The van der Waals surface area contributed by atoms with Crippen molar-refractivity contribution in [3.63, 3.8) is 0 Å². The minimum Gasteiger partial charge on any atom is -0.396 e. The maximum absolute atomic E-state index is 11.8. The van der Waals surface area contributed by atoms with Gasteiger partial charge in [-0.15, -0.1) is 0 Å². The van der Waals surface area contributed by atoms with E-state index in [4.69, 9.17) is 5.11 Å². The van der Waals surface area contributed by atoms with E-state index in [1.165, 1.54) is 6.20 Å². The lowest BCUT2D eigenvalue weighted by Gasteiger charge is -2.02. The molecular formula is C11H14N4O2. The highest BCUT2D eigenvalue weighted by molar-refractivity contribution is 6.00. The van der Waals surface area contributed by atoms with Crippen LogP contribution >= 0.6 is 0 Å². The largest absolute Gasteiger partial charge is 0.396 e. The molecule has 1 amide bonds. The van der Waals surface area contributed by atoms with Crippen molar-refractivity contribution in [2.75, 3.05) is 13.2 Å². The van der Waals surface area contributed by atoms with Crippen LogP contribution < -0.4 is 5.32 Å². The maximum Gasteiger partial charge on any atom is 0.255 e. The Morgan fingerprint density at radius 3 is 3.12 bits per heavy atom. The molecule has 0 aliphatic carbocycles. The molecule has 0 aromatic carbocycles. The van der Waals surface area contributed by atoms with E-state index in [-0.39, 0.29) is 12.5 Å². The third-order valence-electron chi connectivity index (χ3n) is 2.44. The molecule has 6 nitrogen and oxygen atoms in total. The highest BCUT2D eigenvalue weighted by Gasteiger charge is 2.11. The van der Waals surface area contributed by atoms with E-state index in [9.17, 15) is 4.79 Å². The number of amides is 1. The lowest BCUT2D eigenvalue weighted by molar-refractivity contribution is 0.0953. The second-order valence-corrected chi connectivity index (χ2v) is 3.65. The fourth-order valence-corrected chi connectivity index (χ4v) is 1.54. The average Bonchev–Trinajstić information content (AvgIpc) is 2.78. The molecule has 0 atom stereocenters. The summed E-state index contributed by atoms with van der Waals surface area (Å²) >= 11 is 0. The fraction of sp³-hybridized carbons (Fsp3) is 0.364. The Labute approximate surface area is 98.3 Å². The molecule has 6 heteroatoms. The zero-order valence-corrected chi connectivity index (χ0v) is 9.33. The van der Waals surface area contributed by atoms with Crippen molar-refractivity contribution in [3.05, 3.63) is 30.4 Å². The minimum atomic E-state index is -0.161. The molecule has 0 aliphatic heterocycles. The van der Waals surface area contributed by atoms with E-state index >= 15 is 0 Å². The Balaban J connectivity index is 2.04. The number of nitrogens with one attached hydrogen (secondary N) is 1. The van der Waals surface area contributed by atoms with Crippen molar-refractivity contribution in [1.29, 1.82) is 0 Å². The molecule has 0 fully saturated rings. The van der Waals surface area contributed by atoms with E-state index < -0.39 is 0 Å². The maximum atomic E-state index is 11.8. The van der Waals surface area contributed by atoms with E-state index in [1.807, 2.05) is 0 Å². The van der Waals surface area contributed by atoms with Crippen molar-refractivity contribution in [3.8, 4) is 0 Å². The van der Waals surface area contributed by atoms with Crippen molar-refractivity contribution in [1.82, 2.24) is 19.9 Å². The summed E-state index contributed by atoms with van der Waals surface area (Å²) in [5, 5.41) is 15.5. The van der Waals surface area contributed by atoms with Gasteiger partial charge in [0.05, 0.1) is 23.5 Å². The molecule has 2 N–H and O–H groups in total. The Morgan fingerprint density at radius 2 is 2.29 bits per heavy atom. The Bertz CT molecular complexity index is 509. The van der Waals surface area contributed by atoms with E-state index in [0.29, 0.717) is 24.0 Å². The molecule has 2 rings (SSSR count). The summed E-state index contributed by atoms with van der Waals surface area (Å²) < 4.78 is 1.61. The molecule has 17 heavy (non-hydrogen) atoms. The van der Waals surface area contributed by atoms with Crippen LogP contribution in [0.3, 0.4) is 0 Å². The average molecular weight is 234 g/mol. The van der Waals surface area contributed by atoms with Crippen molar-refractivity contribution >= 4 is 11.4 Å². The molecule has 0 bridgehead atoms. The predicted molar refractivity (Wildman–Crippen MR) is 61.6 cm³/mol. The number of hydrogen-bond acceptors (Lipinski definition) is 4. The van der Waals surface area contributed by atoms with Gasteiger partial charge in [0.15, 0.2) is 0 Å². The monoisotopic (exact) mass is 234 g/mol. The van der Waals surface area contributed by atoms with Crippen molar-refractivity contribution in [2.24, 2.45) is 0 Å². The predicted octanol–water partition coefficient (Wildman–Crippen LogP) is 0.232. The van der Waals surface area contributed by atoms with Gasteiger partial charge in [-0.2, -0.15) is 5.10 Å². The number of carbonyl (C=O) groups excluding carboxylic acids is 1. The van der Waals surface area contributed by atoms with Gasteiger partial charge in [0.25, 0.3) is 5.91 Å². The molecule has 2 heterocycles. The molecule has 0 saturated carbocycles. The lowest BCUT2D eigenvalue weighted by atomic mass is 10.2. The Morgan fingerprint density at radius 1 is 1.41 bits per heavy atom. The summed E-state index contributed by atoms with van der Waals surface area (Å²) in [6.45, 7) is 0.702. The van der Waals surface area contributed by atoms with E-state index in [1.54, 1.807) is 23.1 Å². The summed E-state index contributed by atoms with van der Waals surface area (Å²) in [7, 11) is 0. The Kier molecular flexibility index (Phi) is 3.66. The van der Waals surface area contributed by atoms with Gasteiger partial charge in [0.2, 0.25) is 0 Å². The van der Waals surface area contributed by atoms with Crippen LogP contribution in [0.15, 0.2) is 24.8 Å². The first kappa shape index (κ1) is 11.5. The number of fused-ring (bicyclic) bond motifs is 1. The molecule has 0 aliphatic rings. The van der Waals surface area contributed by atoms with Gasteiger partial charge in [0.1, 0.15) is 0 Å². The Hall–Kier alpha value is -1.95. The van der Waals surface area contributed by atoms with Gasteiger partial charge in [-0.1, -0.05) is 0 Å². The van der Waals surface area contributed by atoms with Gasteiger partial charge >= 0.3 is 0 Å². The lowest BCUT2D eigenvalue weighted by Crippen LogP contribution is -2.24. The van der Waals surface area contributed by atoms with E-state index in [2.05, 4.69) is 15.4 Å². The second-order valence-electron chi connectivity index (χ2n) is 3.65. The normalized spacial score (nSPS) is 10.6. The summed E-state index contributed by atoms with van der Waals surface area (Å²) in [5.41, 5.74) is 1.20. The first-order valence-electron chi connectivity index (χ1n) is 5.49. The number of hydrogen-bond donors (Lipinski definition) is 2. The summed E-state index contributed by atoms with van der Waals surface area (Å²) in [6.07, 6.45) is 7.89.